The lowest BCUT2D eigenvalue weighted by Crippen LogP contribution is -2.61. The molecule has 0 N–H and O–H groups in total. The zero-order chi connectivity index (χ0) is 77.1. The van der Waals surface area contributed by atoms with Crippen LogP contribution in [-0.2, 0) is 10.8 Å². The molecule has 0 saturated heterocycles. The van der Waals surface area contributed by atoms with E-state index in [-0.39, 0.29) is 21.9 Å². The van der Waals surface area contributed by atoms with Crippen molar-refractivity contribution in [2.24, 2.45) is 0 Å². The van der Waals surface area contributed by atoms with Crippen molar-refractivity contribution in [3.05, 3.63) is 210 Å². The van der Waals surface area contributed by atoms with Crippen molar-refractivity contribution < 1.29 is 43.9 Å². The van der Waals surface area contributed by atoms with Gasteiger partial charge in [0, 0.05) is 50.0 Å². The van der Waals surface area contributed by atoms with Gasteiger partial charge in [-0.3, -0.25) is 0 Å². The Balaban J connectivity index is 1.20. The van der Waals surface area contributed by atoms with Crippen LogP contribution in [0, 0.1) is 11.3 Å². The maximum atomic E-state index is 11.5. The Morgan fingerprint density at radius 2 is 1.05 bits per heavy atom. The van der Waals surface area contributed by atoms with Crippen molar-refractivity contribution >= 4 is 112 Å². The smallest absolute Gasteiger partial charge is 0.252 e. The summed E-state index contributed by atoms with van der Waals surface area (Å²) in [6.45, 7) is 7.84. The van der Waals surface area contributed by atoms with E-state index >= 15 is 0 Å². The van der Waals surface area contributed by atoms with Gasteiger partial charge in [-0.05, 0) is 145 Å². The maximum Gasteiger partial charge on any atom is 0.252 e. The molecule has 0 radical (unpaired) electrons. The van der Waals surface area contributed by atoms with Crippen molar-refractivity contribution in [2.75, 3.05) is 9.80 Å². The number of fused-ring (bicyclic) bond motifs is 13. The number of hydrogen-bond donors (Lipinski definition) is 0. The predicted octanol–water partition coefficient (Wildman–Crippen LogP) is 15.6. The van der Waals surface area contributed by atoms with Crippen molar-refractivity contribution in [3.8, 4) is 28.6 Å². The highest BCUT2D eigenvalue weighted by Gasteiger charge is 2.46. The number of nitriles is 1. The molecule has 10 aromatic carbocycles. The second-order valence-corrected chi connectivity index (χ2v) is 19.9. The lowest BCUT2D eigenvalue weighted by Gasteiger charge is -2.46. The van der Waals surface area contributed by atoms with E-state index in [0.29, 0.717) is 4.90 Å². The number of aromatic nitrogens is 2. The second kappa shape index (κ2) is 14.7. The van der Waals surface area contributed by atoms with Gasteiger partial charge in [-0.1, -0.05) is 150 Å². The molecule has 3 aliphatic rings. The molecule has 346 valence electrons. The van der Waals surface area contributed by atoms with Gasteiger partial charge in [0.2, 0.25) is 0 Å². The van der Waals surface area contributed by atoms with E-state index in [0.717, 1.165) is 14.0 Å². The predicted molar refractivity (Wildman–Crippen MR) is 308 cm³/mol. The van der Waals surface area contributed by atoms with Gasteiger partial charge in [0.15, 0.2) is 0 Å². The van der Waals surface area contributed by atoms with E-state index in [1.807, 2.05) is 6.07 Å². The summed E-state index contributed by atoms with van der Waals surface area (Å²) in [6.07, 6.45) is 0. The van der Waals surface area contributed by atoms with E-state index in [4.69, 9.17) is 9.60 Å². The standard InChI is InChI=1S/C67H50BN5/c1-66(2,3)45-25-31-56-51(36-45)52-37-46(67(4,5)6)26-32-57(52)71(56)48-29-30-53-60(38-48)70(47-27-23-42(24-28-47)44-22-21-41-13-7-8-14-43(41)35-44)61-33-40(39-69)34-62-63(61)68(53)54-17-12-20-59-65(54)73(62)58-19-11-16-50-49-15-9-10-18-55(49)72(59)64(50)58/h7-38H,1-6H3/i7D,8D,9D,10D,11D,12D,13D,14D,15D,16D,17D,18D,19D,20D,21D,22D,23D,24D,25D,26D,27D,28D,29D,30D,31D,32D,33D,34D,35D,36D,37D,38D. The van der Waals surface area contributed by atoms with E-state index in [9.17, 15) is 39.5 Å². The second-order valence-electron chi connectivity index (χ2n) is 19.9. The quantitative estimate of drug-likeness (QED) is 0.166. The van der Waals surface area contributed by atoms with E-state index in [1.54, 1.807) is 41.5 Å². The Morgan fingerprint density at radius 3 is 1.78 bits per heavy atom. The van der Waals surface area contributed by atoms with Gasteiger partial charge in [0.25, 0.3) is 6.71 Å². The molecule has 0 saturated carbocycles. The van der Waals surface area contributed by atoms with E-state index < -0.39 is 333 Å². The first-order valence-corrected chi connectivity index (χ1v) is 23.0. The van der Waals surface area contributed by atoms with Crippen LogP contribution in [0.3, 0.4) is 0 Å². The molecule has 3 aliphatic heterocycles. The van der Waals surface area contributed by atoms with Crippen LogP contribution in [0.25, 0.3) is 76.9 Å². The monoisotopic (exact) mass is 968 g/mol. The minimum Gasteiger partial charge on any atom is -0.311 e. The minimum absolute atomic E-state index is 0.0276. The highest BCUT2D eigenvalue weighted by Crippen LogP contribution is 2.53. The first-order chi connectivity index (χ1) is 48.8. The Labute approximate surface area is 470 Å². The van der Waals surface area contributed by atoms with Gasteiger partial charge >= 0.3 is 0 Å². The largest absolute Gasteiger partial charge is 0.311 e. The fraction of sp³-hybridized carbons (Fsp3) is 0.119. The van der Waals surface area contributed by atoms with Gasteiger partial charge in [0.1, 0.15) is 0 Å². The minimum atomic E-state index is -2.13. The number of benzene rings is 10. The molecule has 0 unspecified atom stereocenters. The Bertz CT molecular complexity index is 6260. The average molecular weight is 968 g/mol. The molecule has 0 amide bonds. The molecular formula is C67H50BN5. The average Bonchev–Trinajstić information content (AvgIpc) is 1.64. The molecule has 0 bridgehead atoms. The number of anilines is 6. The lowest BCUT2D eigenvalue weighted by atomic mass is 9.33. The van der Waals surface area contributed by atoms with Crippen molar-refractivity contribution in [2.45, 2.75) is 52.4 Å². The zero-order valence-corrected chi connectivity index (χ0v) is 39.3. The lowest BCUT2D eigenvalue weighted by molar-refractivity contribution is 0.590. The molecule has 73 heavy (non-hydrogen) atoms. The SMILES string of the molecule is [2H]c1c([2H])c2c3c(c1[2H])-n1c4c([2H])c([2H])c([2H])c([2H])c4c4c([2H])c([2H])c([2H])c(c41)N3c1c([2H])c(C#N)c([2H])c3c1B2c1c([2H])c([2H])c(-n2c4c([2H])c([2H])c(C(C)(C)C)c([2H])c4c4c([2H])c(C(C)(C)C)c([2H])c([2H])c42)c([2H])c1N3c1c([2H])c([2H])c(-c2c([2H])c([2H])c3c([2H])c([2H])c([2H])c([2H])c3c2[2H])c([2H])c1[2H]. The van der Waals surface area contributed by atoms with Gasteiger partial charge < -0.3 is 18.9 Å². The van der Waals surface area contributed by atoms with Crippen LogP contribution >= 0.6 is 0 Å². The molecule has 5 heterocycles. The van der Waals surface area contributed by atoms with Crippen LogP contribution in [0.5, 0.6) is 0 Å². The highest BCUT2D eigenvalue weighted by molar-refractivity contribution is 7.00. The van der Waals surface area contributed by atoms with Crippen molar-refractivity contribution in [3.63, 3.8) is 0 Å². The van der Waals surface area contributed by atoms with E-state index in [1.165, 1.54) is 0 Å². The molecule has 15 rings (SSSR count). The number of hydrogen-bond acceptors (Lipinski definition) is 3. The molecule has 0 aliphatic carbocycles. The van der Waals surface area contributed by atoms with Gasteiger partial charge in [-0.2, -0.15) is 5.26 Å². The Morgan fingerprint density at radius 1 is 0.438 bits per heavy atom. The fourth-order valence-corrected chi connectivity index (χ4v) is 10.2. The molecule has 0 atom stereocenters. The first-order valence-electron chi connectivity index (χ1n) is 39.0. The maximum absolute atomic E-state index is 11.5. The van der Waals surface area contributed by atoms with Crippen molar-refractivity contribution in [1.82, 2.24) is 9.13 Å². The van der Waals surface area contributed by atoms with Crippen LogP contribution in [-0.4, -0.2) is 15.8 Å². The van der Waals surface area contributed by atoms with Crippen LogP contribution < -0.4 is 26.2 Å². The fourth-order valence-electron chi connectivity index (χ4n) is 10.2. The normalized spacial score (nSPS) is 19.7. The summed E-state index contributed by atoms with van der Waals surface area (Å²) in [7, 11) is 0. The third-order valence-corrected chi connectivity index (χ3v) is 13.5. The zero-order valence-electron chi connectivity index (χ0n) is 71.3. The summed E-state index contributed by atoms with van der Waals surface area (Å²) in [6, 6.07) is -26.6. The van der Waals surface area contributed by atoms with Crippen molar-refractivity contribution in [1.29, 1.82) is 5.26 Å². The molecule has 0 spiro atoms. The highest BCUT2D eigenvalue weighted by atomic mass is 15.2. The topological polar surface area (TPSA) is 40.1 Å². The van der Waals surface area contributed by atoms with Crippen LogP contribution in [0.15, 0.2) is 193 Å². The molecule has 6 heteroatoms. The Kier molecular flexibility index (Phi) is 4.24. The number of para-hydroxylation sites is 3. The molecule has 0 fully saturated rings. The van der Waals surface area contributed by atoms with Gasteiger partial charge in [-0.15, -0.1) is 0 Å². The molecule has 5 nitrogen and oxygen atoms in total. The van der Waals surface area contributed by atoms with E-state index in [2.05, 4.69) is 0 Å². The molecular weight excluding hydrogens is 886 g/mol. The van der Waals surface area contributed by atoms with Crippen LogP contribution in [0.2, 0.25) is 0 Å². The molecule has 2 aromatic heterocycles. The summed E-state index contributed by atoms with van der Waals surface area (Å²) >= 11 is 0. The summed E-state index contributed by atoms with van der Waals surface area (Å²) in [4.78, 5) is 1.70. The molecule has 12 aromatic rings. The summed E-state index contributed by atoms with van der Waals surface area (Å²) in [5.74, 6) is 0. The summed E-state index contributed by atoms with van der Waals surface area (Å²) in [5.41, 5.74) is -14.6. The Hall–Kier alpha value is -8.79. The third-order valence-electron chi connectivity index (χ3n) is 13.5. The van der Waals surface area contributed by atoms with Crippen LogP contribution in [0.4, 0.5) is 34.1 Å². The van der Waals surface area contributed by atoms with Gasteiger partial charge in [-0.25, -0.2) is 0 Å². The van der Waals surface area contributed by atoms with Gasteiger partial charge in [0.05, 0.1) is 94.6 Å². The van der Waals surface area contributed by atoms with Crippen LogP contribution in [0.1, 0.15) is 102 Å². The summed E-state index contributed by atoms with van der Waals surface area (Å²) in [5, 5.41) is 8.86. The third kappa shape index (κ3) is 5.85. The summed E-state index contributed by atoms with van der Waals surface area (Å²) < 4.78 is 312. The first kappa shape index (κ1) is 21.1. The number of nitrogens with zero attached hydrogens (tertiary/aromatic N) is 5. The number of rotatable bonds is 3.